The predicted molar refractivity (Wildman–Crippen MR) is 68.6 cm³/mol. The van der Waals surface area contributed by atoms with Gasteiger partial charge in [0.2, 0.25) is 0 Å². The summed E-state index contributed by atoms with van der Waals surface area (Å²) >= 11 is 3.35. The zero-order chi connectivity index (χ0) is 11.7. The van der Waals surface area contributed by atoms with Crippen LogP contribution in [0.1, 0.15) is 32.3 Å². The largest absolute Gasteiger partial charge is 0.396 e. The van der Waals surface area contributed by atoms with Gasteiger partial charge in [-0.1, -0.05) is 20.4 Å². The van der Waals surface area contributed by atoms with Crippen LogP contribution < -0.4 is 0 Å². The summed E-state index contributed by atoms with van der Waals surface area (Å²) in [6, 6.07) is 1.98. The first-order chi connectivity index (χ1) is 7.24. The molecule has 0 bridgehead atoms. The summed E-state index contributed by atoms with van der Waals surface area (Å²) in [7, 11) is 0. The van der Waals surface area contributed by atoms with E-state index in [9.17, 15) is 0 Å². The Hall–Kier alpha value is -0.670. The van der Waals surface area contributed by atoms with Crippen molar-refractivity contribution in [2.45, 2.75) is 26.7 Å². The monoisotopic (exact) mass is 271 g/mol. The minimum absolute atomic E-state index is 0.209. The van der Waals surface area contributed by atoms with Crippen molar-refractivity contribution in [3.8, 4) is 0 Å². The van der Waals surface area contributed by atoms with Crippen LogP contribution in [0.2, 0.25) is 0 Å². The van der Waals surface area contributed by atoms with E-state index in [0.717, 1.165) is 28.5 Å². The van der Waals surface area contributed by atoms with Gasteiger partial charge in [0.25, 0.3) is 0 Å². The molecule has 84 valence electrons. The first kappa shape index (κ1) is 14.3. The van der Waals surface area contributed by atoms with E-state index in [0.29, 0.717) is 0 Å². The highest BCUT2D eigenvalue weighted by Gasteiger charge is 1.99. The number of rotatable bonds is 4. The molecule has 3 heteroatoms. The van der Waals surface area contributed by atoms with Crippen molar-refractivity contribution in [3.05, 3.63) is 35.1 Å². The summed E-state index contributed by atoms with van der Waals surface area (Å²) in [5, 5.41) is 8.65. The first-order valence-corrected chi connectivity index (χ1v) is 5.93. The fourth-order valence-electron chi connectivity index (χ4n) is 1.04. The number of hydrogen-bond donors (Lipinski definition) is 1. The van der Waals surface area contributed by atoms with E-state index in [1.165, 1.54) is 0 Å². The third-order valence-corrected chi connectivity index (χ3v) is 2.18. The van der Waals surface area contributed by atoms with E-state index in [1.807, 2.05) is 19.9 Å². The molecule has 0 atom stereocenters. The summed E-state index contributed by atoms with van der Waals surface area (Å²) in [5.74, 6) is 0. The minimum Gasteiger partial charge on any atom is -0.396 e. The van der Waals surface area contributed by atoms with E-state index in [1.54, 1.807) is 12.4 Å². The van der Waals surface area contributed by atoms with Crippen LogP contribution in [0.4, 0.5) is 0 Å². The molecule has 1 aromatic heterocycles. The second-order valence-corrected chi connectivity index (χ2v) is 3.74. The minimum atomic E-state index is 0.209. The summed E-state index contributed by atoms with van der Waals surface area (Å²) < 4.78 is 0.954. The van der Waals surface area contributed by atoms with Gasteiger partial charge in [-0.25, -0.2) is 0 Å². The van der Waals surface area contributed by atoms with E-state index in [2.05, 4.69) is 27.5 Å². The van der Waals surface area contributed by atoms with Gasteiger partial charge in [-0.3, -0.25) is 4.98 Å². The fourth-order valence-corrected chi connectivity index (χ4v) is 1.41. The number of hydrogen-bond acceptors (Lipinski definition) is 2. The van der Waals surface area contributed by atoms with Gasteiger partial charge in [0.05, 0.1) is 0 Å². The van der Waals surface area contributed by atoms with Gasteiger partial charge in [-0.15, -0.1) is 0 Å². The Morgan fingerprint density at radius 2 is 2.13 bits per heavy atom. The van der Waals surface area contributed by atoms with E-state index < -0.39 is 0 Å². The van der Waals surface area contributed by atoms with Gasteiger partial charge < -0.3 is 5.11 Å². The Kier molecular flexibility index (Phi) is 8.24. The lowest BCUT2D eigenvalue weighted by molar-refractivity contribution is 0.290. The number of pyridine rings is 1. The number of aliphatic hydroxyl groups excluding tert-OH is 1. The molecule has 1 rings (SSSR count). The summed E-state index contributed by atoms with van der Waals surface area (Å²) in [4.78, 5) is 4.04. The molecule has 0 unspecified atom stereocenters. The lowest BCUT2D eigenvalue weighted by atomic mass is 10.1. The summed E-state index contributed by atoms with van der Waals surface area (Å²) in [6.45, 7) is 8.14. The van der Waals surface area contributed by atoms with Gasteiger partial charge in [0, 0.05) is 23.5 Å². The maximum absolute atomic E-state index is 8.65. The molecule has 0 amide bonds. The zero-order valence-corrected chi connectivity index (χ0v) is 10.9. The molecule has 1 heterocycles. The molecule has 0 saturated carbocycles. The predicted octanol–water partition coefficient (Wildman–Crippen LogP) is 3.66. The van der Waals surface area contributed by atoms with Gasteiger partial charge in [-0.05, 0) is 46.0 Å². The molecule has 0 spiro atoms. The molecule has 0 aliphatic rings. The SMILES string of the molecule is C=C(CCCO)c1cncc(Br)c1.CC. The van der Waals surface area contributed by atoms with E-state index >= 15 is 0 Å². The Balaban J connectivity index is 0.000000921. The van der Waals surface area contributed by atoms with Crippen molar-refractivity contribution in [1.29, 1.82) is 0 Å². The molecular formula is C12H18BrNO. The lowest BCUT2D eigenvalue weighted by Crippen LogP contribution is -1.88. The Labute approximate surface area is 100 Å². The summed E-state index contributed by atoms with van der Waals surface area (Å²) in [5.41, 5.74) is 2.05. The van der Waals surface area contributed by atoms with Crippen molar-refractivity contribution in [3.63, 3.8) is 0 Å². The van der Waals surface area contributed by atoms with Crippen molar-refractivity contribution in [1.82, 2.24) is 4.98 Å². The molecule has 0 fully saturated rings. The average Bonchev–Trinajstić information content (AvgIpc) is 2.28. The van der Waals surface area contributed by atoms with Gasteiger partial charge in [-0.2, -0.15) is 0 Å². The van der Waals surface area contributed by atoms with Gasteiger partial charge >= 0.3 is 0 Å². The van der Waals surface area contributed by atoms with Crippen LogP contribution in [-0.4, -0.2) is 16.7 Å². The maximum Gasteiger partial charge on any atom is 0.0434 e. The molecule has 0 aliphatic carbocycles. The van der Waals surface area contributed by atoms with Crippen LogP contribution in [0, 0.1) is 0 Å². The average molecular weight is 272 g/mol. The molecule has 0 radical (unpaired) electrons. The van der Waals surface area contributed by atoms with E-state index in [4.69, 9.17) is 5.11 Å². The van der Waals surface area contributed by atoms with Crippen LogP contribution in [0.25, 0.3) is 5.57 Å². The van der Waals surface area contributed by atoms with Crippen LogP contribution in [0.15, 0.2) is 29.5 Å². The second-order valence-electron chi connectivity index (χ2n) is 2.82. The molecule has 1 N–H and O–H groups in total. The second kappa shape index (κ2) is 8.62. The molecule has 15 heavy (non-hydrogen) atoms. The number of nitrogens with zero attached hydrogens (tertiary/aromatic N) is 1. The first-order valence-electron chi connectivity index (χ1n) is 5.13. The number of aliphatic hydroxyl groups is 1. The van der Waals surface area contributed by atoms with E-state index in [-0.39, 0.29) is 6.61 Å². The standard InChI is InChI=1S/C10H12BrNO.C2H6/c1-8(3-2-4-13)9-5-10(11)7-12-6-9;1-2/h5-7,13H,1-4H2;1-2H3. The highest BCUT2D eigenvalue weighted by molar-refractivity contribution is 9.10. The summed E-state index contributed by atoms with van der Waals surface area (Å²) in [6.07, 6.45) is 5.09. The zero-order valence-electron chi connectivity index (χ0n) is 9.33. The smallest absolute Gasteiger partial charge is 0.0434 e. The van der Waals surface area contributed by atoms with Crippen molar-refractivity contribution in [2.75, 3.05) is 6.61 Å². The van der Waals surface area contributed by atoms with Gasteiger partial charge in [0.15, 0.2) is 0 Å². The third-order valence-electron chi connectivity index (χ3n) is 1.75. The highest BCUT2D eigenvalue weighted by atomic mass is 79.9. The van der Waals surface area contributed by atoms with Gasteiger partial charge in [0.1, 0.15) is 0 Å². The normalized spacial score (nSPS) is 9.07. The fraction of sp³-hybridized carbons (Fsp3) is 0.417. The Morgan fingerprint density at radius 1 is 1.47 bits per heavy atom. The molecule has 2 nitrogen and oxygen atoms in total. The molecule has 0 aromatic carbocycles. The quantitative estimate of drug-likeness (QED) is 0.907. The molecule has 0 saturated heterocycles. The topological polar surface area (TPSA) is 33.1 Å². The van der Waals surface area contributed by atoms with Crippen molar-refractivity contribution >= 4 is 21.5 Å². The molecule has 1 aromatic rings. The third kappa shape index (κ3) is 5.70. The van der Waals surface area contributed by atoms with Crippen LogP contribution in [0.3, 0.4) is 0 Å². The van der Waals surface area contributed by atoms with Crippen LogP contribution >= 0.6 is 15.9 Å². The lowest BCUT2D eigenvalue weighted by Gasteiger charge is -2.03. The number of halogens is 1. The number of allylic oxidation sites excluding steroid dienone is 1. The Bertz CT molecular complexity index is 299. The van der Waals surface area contributed by atoms with Crippen molar-refractivity contribution in [2.24, 2.45) is 0 Å². The highest BCUT2D eigenvalue weighted by Crippen LogP contribution is 2.19. The Morgan fingerprint density at radius 3 is 2.67 bits per heavy atom. The number of aromatic nitrogens is 1. The van der Waals surface area contributed by atoms with Crippen LogP contribution in [-0.2, 0) is 0 Å². The van der Waals surface area contributed by atoms with Crippen LogP contribution in [0.5, 0.6) is 0 Å². The molecular weight excluding hydrogens is 254 g/mol. The van der Waals surface area contributed by atoms with Crippen molar-refractivity contribution < 1.29 is 5.11 Å². The molecule has 0 aliphatic heterocycles. The maximum atomic E-state index is 8.65.